The fraction of sp³-hybridized carbons (Fsp3) is 0.593. The van der Waals surface area contributed by atoms with E-state index in [9.17, 15) is 4.79 Å². The molecule has 2 aliphatic carbocycles. The van der Waals surface area contributed by atoms with Crippen LogP contribution in [0.15, 0.2) is 12.1 Å². The highest BCUT2D eigenvalue weighted by Crippen LogP contribution is 2.71. The molecule has 2 aliphatic rings. The van der Waals surface area contributed by atoms with E-state index in [4.69, 9.17) is 9.84 Å². The highest BCUT2D eigenvalue weighted by molar-refractivity contribution is 7.14. The van der Waals surface area contributed by atoms with Gasteiger partial charge in [0.25, 0.3) is 0 Å². The molecule has 2 aromatic rings. The van der Waals surface area contributed by atoms with Crippen LogP contribution in [-0.4, -0.2) is 37.2 Å². The standard InChI is InChI=1S/C27H37NO3S/c1-16-13-19(14-17(2)25(16)31-12-6-9-28-10-11-29)7-8-22(30)26-20-15-21-24(27(21,4)5)23(20)18(3)32-26/h13-14,21,24,28-29H,6-12,15H2,1-5H3/t21-,24-/m1/s1. The topological polar surface area (TPSA) is 58.6 Å². The molecule has 1 saturated carbocycles. The Kier molecular flexibility index (Phi) is 6.81. The Balaban J connectivity index is 1.34. The number of ether oxygens (including phenoxy) is 1. The highest BCUT2D eigenvalue weighted by atomic mass is 32.1. The molecule has 0 bridgehead atoms. The number of ketones is 1. The summed E-state index contributed by atoms with van der Waals surface area (Å²) in [5, 5.41) is 12.0. The first-order chi connectivity index (χ1) is 15.3. The van der Waals surface area contributed by atoms with Crippen molar-refractivity contribution >= 4 is 17.1 Å². The van der Waals surface area contributed by atoms with Crippen molar-refractivity contribution < 1.29 is 14.6 Å². The number of hydrogen-bond donors (Lipinski definition) is 2. The lowest BCUT2D eigenvalue weighted by Gasteiger charge is -2.14. The van der Waals surface area contributed by atoms with Gasteiger partial charge in [0.05, 0.1) is 18.1 Å². The number of fused-ring (bicyclic) bond motifs is 3. The van der Waals surface area contributed by atoms with Crippen LogP contribution in [0.5, 0.6) is 5.75 Å². The Morgan fingerprint density at radius 2 is 1.94 bits per heavy atom. The van der Waals surface area contributed by atoms with Crippen molar-refractivity contribution in [3.05, 3.63) is 49.7 Å². The maximum Gasteiger partial charge on any atom is 0.173 e. The number of carbonyl (C=O) groups is 1. The highest BCUT2D eigenvalue weighted by Gasteiger charge is 2.63. The molecular weight excluding hydrogens is 418 g/mol. The Morgan fingerprint density at radius 1 is 1.22 bits per heavy atom. The van der Waals surface area contributed by atoms with Crippen LogP contribution in [-0.2, 0) is 12.8 Å². The second-order valence-electron chi connectivity index (χ2n) is 10.1. The maximum absolute atomic E-state index is 13.1. The fourth-order valence-electron chi connectivity index (χ4n) is 5.72. The normalized spacial score (nSPS) is 20.2. The lowest BCUT2D eigenvalue weighted by molar-refractivity contribution is 0.0985. The molecule has 2 atom stereocenters. The van der Waals surface area contributed by atoms with Crippen LogP contribution in [0, 0.1) is 32.1 Å². The SMILES string of the molecule is Cc1cc(CCC(=O)c2sc(C)c3c2C[C@@H]2[C@H]3C2(C)C)cc(C)c1OCCCNCCO. The number of rotatable bonds is 11. The molecule has 5 heteroatoms. The Bertz CT molecular complexity index is 984. The number of aliphatic hydroxyl groups is 1. The molecule has 0 unspecified atom stereocenters. The number of Topliss-reactive ketones (excluding diaryl/α,β-unsaturated/α-hetero) is 1. The van der Waals surface area contributed by atoms with Gasteiger partial charge >= 0.3 is 0 Å². The first kappa shape index (κ1) is 23.5. The predicted molar refractivity (Wildman–Crippen MR) is 131 cm³/mol. The van der Waals surface area contributed by atoms with Gasteiger partial charge in [0, 0.05) is 17.8 Å². The van der Waals surface area contributed by atoms with Crippen LogP contribution in [0.25, 0.3) is 0 Å². The summed E-state index contributed by atoms with van der Waals surface area (Å²) in [5.41, 5.74) is 6.77. The number of nitrogens with one attached hydrogen (secondary N) is 1. The molecule has 0 saturated heterocycles. The largest absolute Gasteiger partial charge is 0.493 e. The zero-order chi connectivity index (χ0) is 23.0. The summed E-state index contributed by atoms with van der Waals surface area (Å²) in [5.74, 6) is 2.69. The third-order valence-corrected chi connectivity index (χ3v) is 8.67. The number of thiophene rings is 1. The van der Waals surface area contributed by atoms with Crippen LogP contribution >= 0.6 is 11.3 Å². The summed E-state index contributed by atoms with van der Waals surface area (Å²) in [4.78, 5) is 15.5. The summed E-state index contributed by atoms with van der Waals surface area (Å²) in [7, 11) is 0. The van der Waals surface area contributed by atoms with E-state index >= 15 is 0 Å². The molecule has 174 valence electrons. The summed E-state index contributed by atoms with van der Waals surface area (Å²) in [6.45, 7) is 13.4. The van der Waals surface area contributed by atoms with E-state index in [1.165, 1.54) is 21.6 Å². The van der Waals surface area contributed by atoms with Gasteiger partial charge in [0.2, 0.25) is 0 Å². The molecule has 0 amide bonds. The third-order valence-electron chi connectivity index (χ3n) is 7.47. The smallest absolute Gasteiger partial charge is 0.173 e. The lowest BCUT2D eigenvalue weighted by atomic mass is 9.93. The summed E-state index contributed by atoms with van der Waals surface area (Å²) in [6.07, 6.45) is 3.34. The number of hydrogen-bond acceptors (Lipinski definition) is 5. The van der Waals surface area contributed by atoms with Crippen molar-refractivity contribution in [3.8, 4) is 5.75 Å². The summed E-state index contributed by atoms with van der Waals surface area (Å²) < 4.78 is 6.01. The van der Waals surface area contributed by atoms with Gasteiger partial charge in [-0.3, -0.25) is 4.79 Å². The third kappa shape index (κ3) is 4.40. The summed E-state index contributed by atoms with van der Waals surface area (Å²) in [6, 6.07) is 4.34. The van der Waals surface area contributed by atoms with Crippen LogP contribution in [0.2, 0.25) is 0 Å². The first-order valence-corrected chi connectivity index (χ1v) is 12.8. The number of aliphatic hydroxyl groups excluding tert-OH is 1. The Labute approximate surface area is 196 Å². The zero-order valence-corrected chi connectivity index (χ0v) is 21.0. The molecule has 2 N–H and O–H groups in total. The van der Waals surface area contributed by atoms with Gasteiger partial charge in [-0.15, -0.1) is 11.3 Å². The van der Waals surface area contributed by atoms with Crippen molar-refractivity contribution in [2.75, 3.05) is 26.3 Å². The van der Waals surface area contributed by atoms with Gasteiger partial charge in [-0.2, -0.15) is 0 Å². The Morgan fingerprint density at radius 3 is 2.62 bits per heavy atom. The quantitative estimate of drug-likeness (QED) is 0.364. The molecule has 1 aromatic heterocycles. The second kappa shape index (κ2) is 9.28. The van der Waals surface area contributed by atoms with Crippen molar-refractivity contribution in [1.82, 2.24) is 5.32 Å². The van der Waals surface area contributed by atoms with Gasteiger partial charge in [0.1, 0.15) is 5.75 Å². The molecule has 4 rings (SSSR count). The van der Waals surface area contributed by atoms with Gasteiger partial charge < -0.3 is 15.2 Å². The molecule has 0 spiro atoms. The molecular formula is C27H37NO3S. The van der Waals surface area contributed by atoms with Crippen molar-refractivity contribution in [2.24, 2.45) is 11.3 Å². The molecule has 1 fully saturated rings. The van der Waals surface area contributed by atoms with E-state index in [-0.39, 0.29) is 6.61 Å². The van der Waals surface area contributed by atoms with Gasteiger partial charge in [-0.1, -0.05) is 26.0 Å². The number of benzene rings is 1. The number of carbonyl (C=O) groups excluding carboxylic acids is 1. The monoisotopic (exact) mass is 455 g/mol. The molecule has 1 heterocycles. The van der Waals surface area contributed by atoms with Gasteiger partial charge in [-0.25, -0.2) is 0 Å². The van der Waals surface area contributed by atoms with Gasteiger partial charge in [0.15, 0.2) is 5.78 Å². The zero-order valence-electron chi connectivity index (χ0n) is 20.1. The van der Waals surface area contributed by atoms with E-state index in [1.54, 1.807) is 11.3 Å². The molecule has 1 aromatic carbocycles. The minimum Gasteiger partial charge on any atom is -0.493 e. The van der Waals surface area contributed by atoms with Crippen molar-refractivity contribution in [2.45, 2.75) is 66.2 Å². The van der Waals surface area contributed by atoms with E-state index < -0.39 is 0 Å². The van der Waals surface area contributed by atoms with Crippen LogP contribution in [0.1, 0.15) is 75.0 Å². The van der Waals surface area contributed by atoms with Crippen molar-refractivity contribution in [1.29, 1.82) is 0 Å². The minimum absolute atomic E-state index is 0.164. The molecule has 4 nitrogen and oxygen atoms in total. The average Bonchev–Trinajstić information content (AvgIpc) is 3.06. The second-order valence-corrected chi connectivity index (χ2v) is 11.4. The van der Waals surface area contributed by atoms with Crippen LogP contribution in [0.4, 0.5) is 0 Å². The van der Waals surface area contributed by atoms with E-state index in [0.29, 0.717) is 36.7 Å². The minimum atomic E-state index is 0.164. The maximum atomic E-state index is 13.1. The van der Waals surface area contributed by atoms with Gasteiger partial charge in [-0.05, 0) is 91.6 Å². The fourth-order valence-corrected chi connectivity index (χ4v) is 6.91. The van der Waals surface area contributed by atoms with E-state index in [1.807, 2.05) is 0 Å². The molecule has 0 aliphatic heterocycles. The van der Waals surface area contributed by atoms with E-state index in [0.717, 1.165) is 53.5 Å². The van der Waals surface area contributed by atoms with Crippen molar-refractivity contribution in [3.63, 3.8) is 0 Å². The summed E-state index contributed by atoms with van der Waals surface area (Å²) >= 11 is 1.73. The van der Waals surface area contributed by atoms with Crippen LogP contribution in [0.3, 0.4) is 0 Å². The van der Waals surface area contributed by atoms with Crippen LogP contribution < -0.4 is 10.1 Å². The average molecular weight is 456 g/mol. The first-order valence-electron chi connectivity index (χ1n) is 12.0. The van der Waals surface area contributed by atoms with E-state index in [2.05, 4.69) is 52.1 Å². The molecule has 32 heavy (non-hydrogen) atoms. The lowest BCUT2D eigenvalue weighted by Crippen LogP contribution is -2.21. The predicted octanol–water partition coefficient (Wildman–Crippen LogP) is 5.14. The number of aryl methyl sites for hydroxylation is 4. The molecule has 0 radical (unpaired) electrons. The Hall–Kier alpha value is -1.69.